The highest BCUT2D eigenvalue weighted by Gasteiger charge is 2.28. The standard InChI is InChI=1S/C15H13ClN4/c1-9-4-11(7-17-6-9)13-5-14(16)20-15(19-13)12(8-18-20)10-2-3-10/h4-8,10H,2-3H2,1H3. The highest BCUT2D eigenvalue weighted by molar-refractivity contribution is 6.30. The van der Waals surface area contributed by atoms with Gasteiger partial charge in [-0.15, -0.1) is 0 Å². The second kappa shape index (κ2) is 4.28. The third kappa shape index (κ3) is 1.88. The molecule has 0 spiro atoms. The van der Waals surface area contributed by atoms with Gasteiger partial charge in [0, 0.05) is 29.6 Å². The van der Waals surface area contributed by atoms with Crippen LogP contribution in [-0.4, -0.2) is 19.6 Å². The van der Waals surface area contributed by atoms with Gasteiger partial charge in [0.15, 0.2) is 5.65 Å². The predicted molar refractivity (Wildman–Crippen MR) is 77.9 cm³/mol. The number of aryl methyl sites for hydroxylation is 1. The molecule has 0 aromatic carbocycles. The summed E-state index contributed by atoms with van der Waals surface area (Å²) in [6.07, 6.45) is 7.98. The molecule has 0 amide bonds. The van der Waals surface area contributed by atoms with Gasteiger partial charge in [0.1, 0.15) is 5.15 Å². The quantitative estimate of drug-likeness (QED) is 0.675. The average molecular weight is 285 g/mol. The number of hydrogen-bond acceptors (Lipinski definition) is 3. The molecule has 4 rings (SSSR count). The summed E-state index contributed by atoms with van der Waals surface area (Å²) in [5.41, 5.74) is 5.01. The highest BCUT2D eigenvalue weighted by atomic mass is 35.5. The summed E-state index contributed by atoms with van der Waals surface area (Å²) in [5.74, 6) is 0.599. The Morgan fingerprint density at radius 2 is 2.05 bits per heavy atom. The van der Waals surface area contributed by atoms with Crippen LogP contribution >= 0.6 is 11.6 Å². The molecule has 0 radical (unpaired) electrons. The van der Waals surface area contributed by atoms with Gasteiger partial charge in [0.05, 0.1) is 11.9 Å². The Bertz CT molecular complexity index is 805. The molecule has 0 bridgehead atoms. The van der Waals surface area contributed by atoms with E-state index in [1.165, 1.54) is 18.4 Å². The molecule has 20 heavy (non-hydrogen) atoms. The smallest absolute Gasteiger partial charge is 0.160 e. The summed E-state index contributed by atoms with van der Waals surface area (Å²) >= 11 is 6.33. The molecule has 3 aromatic heterocycles. The zero-order chi connectivity index (χ0) is 13.7. The first-order valence-corrected chi connectivity index (χ1v) is 7.06. The van der Waals surface area contributed by atoms with Crippen molar-refractivity contribution < 1.29 is 0 Å². The van der Waals surface area contributed by atoms with E-state index in [1.54, 1.807) is 4.52 Å². The van der Waals surface area contributed by atoms with Crippen LogP contribution in [0.1, 0.15) is 29.9 Å². The molecule has 3 aromatic rings. The molecule has 4 nitrogen and oxygen atoms in total. The zero-order valence-corrected chi connectivity index (χ0v) is 11.8. The van der Waals surface area contributed by atoms with Crippen LogP contribution in [0.2, 0.25) is 5.15 Å². The topological polar surface area (TPSA) is 43.1 Å². The van der Waals surface area contributed by atoms with Crippen LogP contribution in [-0.2, 0) is 0 Å². The van der Waals surface area contributed by atoms with Crippen molar-refractivity contribution in [2.75, 3.05) is 0 Å². The Balaban J connectivity index is 1.94. The molecule has 5 heteroatoms. The summed E-state index contributed by atoms with van der Waals surface area (Å²) in [6, 6.07) is 3.91. The Kier molecular flexibility index (Phi) is 2.54. The second-order valence-electron chi connectivity index (χ2n) is 5.32. The minimum Gasteiger partial charge on any atom is -0.264 e. The fraction of sp³-hybridized carbons (Fsp3) is 0.267. The summed E-state index contributed by atoms with van der Waals surface area (Å²) in [7, 11) is 0. The largest absolute Gasteiger partial charge is 0.264 e. The summed E-state index contributed by atoms with van der Waals surface area (Å²) in [5, 5.41) is 4.92. The van der Waals surface area contributed by atoms with E-state index in [9.17, 15) is 0 Å². The summed E-state index contributed by atoms with van der Waals surface area (Å²) < 4.78 is 1.71. The minimum absolute atomic E-state index is 0.582. The fourth-order valence-corrected chi connectivity index (χ4v) is 2.70. The van der Waals surface area contributed by atoms with Crippen molar-refractivity contribution in [3.05, 3.63) is 47.0 Å². The normalized spacial score (nSPS) is 14.9. The molecule has 1 fully saturated rings. The maximum absolute atomic E-state index is 6.33. The van der Waals surface area contributed by atoms with Gasteiger partial charge in [0.2, 0.25) is 0 Å². The molecule has 1 aliphatic carbocycles. The van der Waals surface area contributed by atoms with E-state index < -0.39 is 0 Å². The Morgan fingerprint density at radius 3 is 2.80 bits per heavy atom. The van der Waals surface area contributed by atoms with Crippen LogP contribution in [0, 0.1) is 6.92 Å². The van der Waals surface area contributed by atoms with E-state index in [0.717, 1.165) is 22.5 Å². The van der Waals surface area contributed by atoms with E-state index in [0.29, 0.717) is 11.1 Å². The van der Waals surface area contributed by atoms with Crippen LogP contribution in [0.5, 0.6) is 0 Å². The number of aromatic nitrogens is 4. The maximum atomic E-state index is 6.33. The van der Waals surface area contributed by atoms with Crippen LogP contribution < -0.4 is 0 Å². The Hall–Kier alpha value is -1.94. The van der Waals surface area contributed by atoms with E-state index in [-0.39, 0.29) is 0 Å². The third-order valence-corrected chi connectivity index (χ3v) is 3.91. The molecule has 1 saturated carbocycles. The highest BCUT2D eigenvalue weighted by Crippen LogP contribution is 2.42. The van der Waals surface area contributed by atoms with Gasteiger partial charge in [-0.3, -0.25) is 4.98 Å². The lowest BCUT2D eigenvalue weighted by molar-refractivity contribution is 0.941. The molecule has 1 aliphatic rings. The van der Waals surface area contributed by atoms with Crippen molar-refractivity contribution in [1.82, 2.24) is 19.6 Å². The van der Waals surface area contributed by atoms with Gasteiger partial charge >= 0.3 is 0 Å². The number of halogens is 1. The van der Waals surface area contributed by atoms with Crippen LogP contribution in [0.15, 0.2) is 30.7 Å². The zero-order valence-electron chi connectivity index (χ0n) is 11.0. The first kappa shape index (κ1) is 11.9. The van der Waals surface area contributed by atoms with Gasteiger partial charge in [-0.05, 0) is 37.3 Å². The average Bonchev–Trinajstić information content (AvgIpc) is 3.18. The summed E-state index contributed by atoms with van der Waals surface area (Å²) in [6.45, 7) is 2.02. The monoisotopic (exact) mass is 284 g/mol. The van der Waals surface area contributed by atoms with E-state index >= 15 is 0 Å². The predicted octanol–water partition coefficient (Wildman–Crippen LogP) is 3.63. The molecule has 0 N–H and O–H groups in total. The van der Waals surface area contributed by atoms with E-state index in [1.807, 2.05) is 31.6 Å². The van der Waals surface area contributed by atoms with E-state index in [4.69, 9.17) is 16.6 Å². The number of nitrogens with zero attached hydrogens (tertiary/aromatic N) is 4. The maximum Gasteiger partial charge on any atom is 0.160 e. The lowest BCUT2D eigenvalue weighted by atomic mass is 10.1. The molecular weight excluding hydrogens is 272 g/mol. The first-order chi connectivity index (χ1) is 9.72. The van der Waals surface area contributed by atoms with Crippen LogP contribution in [0.25, 0.3) is 16.9 Å². The second-order valence-corrected chi connectivity index (χ2v) is 5.71. The lowest BCUT2D eigenvalue weighted by Gasteiger charge is -2.05. The van der Waals surface area contributed by atoms with Gasteiger partial charge in [-0.1, -0.05) is 11.6 Å². The van der Waals surface area contributed by atoms with Gasteiger partial charge in [-0.25, -0.2) is 9.50 Å². The van der Waals surface area contributed by atoms with E-state index in [2.05, 4.69) is 16.1 Å². The van der Waals surface area contributed by atoms with Crippen molar-refractivity contribution >= 4 is 17.2 Å². The molecule has 0 unspecified atom stereocenters. The lowest BCUT2D eigenvalue weighted by Crippen LogP contribution is -1.96. The van der Waals surface area contributed by atoms with Crippen molar-refractivity contribution in [2.24, 2.45) is 0 Å². The Labute approximate surface area is 121 Å². The van der Waals surface area contributed by atoms with Crippen LogP contribution in [0.4, 0.5) is 0 Å². The van der Waals surface area contributed by atoms with Crippen LogP contribution in [0.3, 0.4) is 0 Å². The minimum atomic E-state index is 0.582. The number of pyridine rings is 1. The van der Waals surface area contributed by atoms with Crippen molar-refractivity contribution in [1.29, 1.82) is 0 Å². The van der Waals surface area contributed by atoms with Gasteiger partial charge in [-0.2, -0.15) is 5.10 Å². The number of hydrogen-bond donors (Lipinski definition) is 0. The number of fused-ring (bicyclic) bond motifs is 1. The molecular formula is C15H13ClN4. The van der Waals surface area contributed by atoms with Crippen molar-refractivity contribution in [2.45, 2.75) is 25.7 Å². The Morgan fingerprint density at radius 1 is 1.20 bits per heavy atom. The molecule has 0 aliphatic heterocycles. The molecule has 0 atom stereocenters. The molecule has 0 saturated heterocycles. The third-order valence-electron chi connectivity index (χ3n) is 3.64. The van der Waals surface area contributed by atoms with Crippen molar-refractivity contribution in [3.63, 3.8) is 0 Å². The molecule has 100 valence electrons. The van der Waals surface area contributed by atoms with Gasteiger partial charge < -0.3 is 0 Å². The fourth-order valence-electron chi connectivity index (χ4n) is 2.47. The first-order valence-electron chi connectivity index (χ1n) is 6.68. The SMILES string of the molecule is Cc1cncc(-c2cc(Cl)n3ncc(C4CC4)c3n2)c1. The summed E-state index contributed by atoms with van der Waals surface area (Å²) in [4.78, 5) is 8.97. The number of rotatable bonds is 2. The molecule has 3 heterocycles. The van der Waals surface area contributed by atoms with Gasteiger partial charge in [0.25, 0.3) is 0 Å². The van der Waals surface area contributed by atoms with Crippen molar-refractivity contribution in [3.8, 4) is 11.3 Å².